The van der Waals surface area contributed by atoms with Crippen molar-refractivity contribution in [1.29, 1.82) is 0 Å². The summed E-state index contributed by atoms with van der Waals surface area (Å²) >= 11 is 0. The molecular weight excluding hydrogens is 846 g/mol. The molecule has 4 heterocycles. The van der Waals surface area contributed by atoms with Gasteiger partial charge in [-0.05, 0) is 91.5 Å². The van der Waals surface area contributed by atoms with Gasteiger partial charge in [0.15, 0.2) is 0 Å². The first kappa shape index (κ1) is 39.2. The Labute approximate surface area is 335 Å². The van der Waals surface area contributed by atoms with Crippen molar-refractivity contribution in [3.05, 3.63) is 132 Å². The number of hydrogen-bond donors (Lipinski definition) is 0. The third kappa shape index (κ3) is 7.82. The van der Waals surface area contributed by atoms with Gasteiger partial charge < -0.3 is 18.9 Å². The average Bonchev–Trinajstić information content (AvgIpc) is 3.70. The summed E-state index contributed by atoms with van der Waals surface area (Å²) in [4.78, 5) is 9.41. The molecule has 7 heteroatoms. The largest absolute Gasteiger partial charge is 0.508 e. The van der Waals surface area contributed by atoms with Gasteiger partial charge in [0, 0.05) is 56.7 Å². The molecule has 6 nitrogen and oxygen atoms in total. The Morgan fingerprint density at radius 3 is 1.91 bits per heavy atom. The summed E-state index contributed by atoms with van der Waals surface area (Å²) in [6, 6.07) is 29.0. The van der Waals surface area contributed by atoms with Crippen LogP contribution in [0.15, 0.2) is 91.6 Å². The second-order valence-electron chi connectivity index (χ2n) is 18.3. The Morgan fingerprint density at radius 1 is 0.630 bits per heavy atom. The van der Waals surface area contributed by atoms with Crippen LogP contribution in [0.5, 0.6) is 11.5 Å². The van der Waals surface area contributed by atoms with Crippen LogP contribution in [0.4, 0.5) is 0 Å². The molecule has 0 aliphatic heterocycles. The van der Waals surface area contributed by atoms with Crippen molar-refractivity contribution in [2.24, 2.45) is 0 Å². The van der Waals surface area contributed by atoms with E-state index in [0.717, 1.165) is 39.0 Å². The minimum Gasteiger partial charge on any atom is -0.508 e. The Morgan fingerprint density at radius 2 is 1.26 bits per heavy atom. The topological polar surface area (TPSA) is 48.8 Å². The predicted molar refractivity (Wildman–Crippen MR) is 215 cm³/mol. The SMILES string of the molecule is CC(C)(C)c1cc(-[n+]2[c-]n(-c3[c-]c(Oc4[c-]c5c(cc4)c4ccc(C(C)(C)C)cc4n5-c4cc(C(C)(C)C)ccn4)cnc3)cc2)cc(C(C)(C)C)c1.[Pt]. The van der Waals surface area contributed by atoms with E-state index < -0.39 is 0 Å². The van der Waals surface area contributed by atoms with Crippen LogP contribution >= 0.6 is 0 Å². The van der Waals surface area contributed by atoms with Gasteiger partial charge in [0.25, 0.3) is 6.33 Å². The van der Waals surface area contributed by atoms with E-state index in [0.29, 0.717) is 11.5 Å². The third-order valence-corrected chi connectivity index (χ3v) is 9.98. The monoisotopic (exact) mass is 896 g/mol. The van der Waals surface area contributed by atoms with Crippen molar-refractivity contribution in [2.45, 2.75) is 105 Å². The van der Waals surface area contributed by atoms with Crippen LogP contribution in [0.25, 0.3) is 39.0 Å². The molecule has 54 heavy (non-hydrogen) atoms. The smallest absolute Gasteiger partial charge is 0.267 e. The summed E-state index contributed by atoms with van der Waals surface area (Å²) in [6.45, 7) is 26.9. The number of aromatic nitrogens is 5. The number of ether oxygens (including phenoxy) is 1. The summed E-state index contributed by atoms with van der Waals surface area (Å²) in [5.41, 5.74) is 8.82. The molecule has 0 saturated carbocycles. The van der Waals surface area contributed by atoms with Crippen molar-refractivity contribution in [2.75, 3.05) is 0 Å². The van der Waals surface area contributed by atoms with Gasteiger partial charge in [-0.2, -0.15) is 6.07 Å². The average molecular weight is 897 g/mol. The van der Waals surface area contributed by atoms with Crippen molar-refractivity contribution >= 4 is 21.8 Å². The predicted octanol–water partition coefficient (Wildman–Crippen LogP) is 11.0. The number of pyridine rings is 2. The number of fused-ring (bicyclic) bond motifs is 3. The summed E-state index contributed by atoms with van der Waals surface area (Å²) in [7, 11) is 0. The molecule has 3 aromatic carbocycles. The second kappa shape index (κ2) is 13.9. The Kier molecular flexibility index (Phi) is 10.1. The van der Waals surface area contributed by atoms with Gasteiger partial charge in [0.2, 0.25) is 0 Å². The molecule has 0 radical (unpaired) electrons. The van der Waals surface area contributed by atoms with Crippen molar-refractivity contribution < 1.29 is 30.4 Å². The fourth-order valence-electron chi connectivity index (χ4n) is 6.56. The summed E-state index contributed by atoms with van der Waals surface area (Å²) in [6.07, 6.45) is 12.8. The zero-order valence-electron chi connectivity index (χ0n) is 33.6. The van der Waals surface area contributed by atoms with E-state index in [2.05, 4.69) is 166 Å². The van der Waals surface area contributed by atoms with E-state index in [9.17, 15) is 0 Å². The Hall–Kier alpha value is -4.54. The van der Waals surface area contributed by atoms with Gasteiger partial charge in [-0.3, -0.25) is 4.57 Å². The molecule has 7 aromatic rings. The van der Waals surface area contributed by atoms with E-state index in [1.807, 2.05) is 33.8 Å². The molecular formula is C47H51N5OPt-2. The maximum absolute atomic E-state index is 6.45. The first-order valence-electron chi connectivity index (χ1n) is 18.5. The molecule has 0 aliphatic carbocycles. The molecule has 0 N–H and O–H groups in total. The quantitative estimate of drug-likeness (QED) is 0.128. The van der Waals surface area contributed by atoms with Gasteiger partial charge in [0.1, 0.15) is 5.82 Å². The summed E-state index contributed by atoms with van der Waals surface area (Å²) < 4.78 is 12.6. The maximum atomic E-state index is 6.45. The zero-order chi connectivity index (χ0) is 38.1. The van der Waals surface area contributed by atoms with Gasteiger partial charge in [-0.25, -0.2) is 4.98 Å². The van der Waals surface area contributed by atoms with Crippen LogP contribution < -0.4 is 9.30 Å². The molecule has 4 aromatic heterocycles. The minimum atomic E-state index is -0.0267. The zero-order valence-corrected chi connectivity index (χ0v) is 35.9. The molecule has 0 saturated heterocycles. The van der Waals surface area contributed by atoms with Crippen LogP contribution in [-0.4, -0.2) is 19.1 Å². The standard InChI is InChI=1S/C47H51N5O.Pt/c1-44(2,3)31-13-15-39-40-16-14-37(27-42(40)52(41(39)24-31)43-25-32(17-18-49-43)45(4,5)6)53-38-26-36(28-48-29-38)51-20-19-50(30-51)35-22-33(46(7,8)9)21-34(23-35)47(10,11)12;/h13-25,28-29H,1-12H3;/q-2;. The van der Waals surface area contributed by atoms with Gasteiger partial charge in [0.05, 0.1) is 5.69 Å². The normalized spacial score (nSPS) is 12.7. The third-order valence-electron chi connectivity index (χ3n) is 9.98. The van der Waals surface area contributed by atoms with Crippen molar-refractivity contribution in [3.63, 3.8) is 0 Å². The van der Waals surface area contributed by atoms with E-state index in [1.54, 1.807) is 12.4 Å². The first-order chi connectivity index (χ1) is 24.8. The van der Waals surface area contributed by atoms with Gasteiger partial charge >= 0.3 is 0 Å². The van der Waals surface area contributed by atoms with E-state index in [4.69, 9.17) is 9.72 Å². The fraction of sp³-hybridized carbons (Fsp3) is 0.340. The van der Waals surface area contributed by atoms with Crippen LogP contribution in [0.3, 0.4) is 0 Å². The van der Waals surface area contributed by atoms with Gasteiger partial charge in [-0.15, -0.1) is 23.6 Å². The van der Waals surface area contributed by atoms with Crippen LogP contribution in [0.2, 0.25) is 0 Å². The molecule has 0 spiro atoms. The van der Waals surface area contributed by atoms with Crippen LogP contribution in [-0.2, 0) is 42.7 Å². The maximum Gasteiger partial charge on any atom is 0.267 e. The minimum absolute atomic E-state index is 0. The molecule has 0 atom stereocenters. The summed E-state index contributed by atoms with van der Waals surface area (Å²) in [5.74, 6) is 1.91. The molecule has 0 unspecified atom stereocenters. The molecule has 0 bridgehead atoms. The molecule has 7 rings (SSSR count). The molecule has 0 aliphatic rings. The Bertz CT molecular complexity index is 2450. The Balaban J connectivity index is 0.00000497. The van der Waals surface area contributed by atoms with Crippen molar-refractivity contribution in [1.82, 2.24) is 19.1 Å². The number of nitrogens with zero attached hydrogens (tertiary/aromatic N) is 5. The fourth-order valence-corrected chi connectivity index (χ4v) is 6.56. The molecule has 0 amide bonds. The number of benzene rings is 3. The number of imidazole rings is 1. The molecule has 282 valence electrons. The van der Waals surface area contributed by atoms with Crippen LogP contribution in [0.1, 0.15) is 105 Å². The number of hydrogen-bond acceptors (Lipinski definition) is 3. The second-order valence-corrected chi connectivity index (χ2v) is 18.3. The molecule has 0 fully saturated rings. The number of rotatable bonds is 5. The van der Waals surface area contributed by atoms with Gasteiger partial charge in [-0.1, -0.05) is 113 Å². The van der Waals surface area contributed by atoms with E-state index in [1.165, 1.54) is 22.3 Å². The first-order valence-corrected chi connectivity index (χ1v) is 18.5. The van der Waals surface area contributed by atoms with Crippen molar-refractivity contribution in [3.8, 4) is 28.7 Å². The van der Waals surface area contributed by atoms with Crippen LogP contribution in [0, 0.1) is 18.5 Å². The summed E-state index contributed by atoms with van der Waals surface area (Å²) in [5, 5.41) is 2.23. The van der Waals surface area contributed by atoms with E-state index in [-0.39, 0.29) is 42.7 Å². The van der Waals surface area contributed by atoms with E-state index >= 15 is 0 Å².